The molecule has 0 amide bonds. The molecule has 0 unspecified atom stereocenters. The minimum atomic E-state index is -4.53. The van der Waals surface area contributed by atoms with Gasteiger partial charge in [-0.05, 0) is 57.8 Å². The van der Waals surface area contributed by atoms with Gasteiger partial charge in [0.25, 0.3) is 0 Å². The molecule has 0 atom stereocenters. The summed E-state index contributed by atoms with van der Waals surface area (Å²) < 4.78 is 62.3. The lowest BCUT2D eigenvalue weighted by Gasteiger charge is -2.32. The summed E-state index contributed by atoms with van der Waals surface area (Å²) in [5, 5.41) is 0. The Morgan fingerprint density at radius 1 is 1.08 bits per heavy atom. The lowest BCUT2D eigenvalue weighted by molar-refractivity contribution is -0.139. The standard InChI is InChI=1S/C17H23BF3O4/c1-6-22-11-23-10-12-13(17(19,20)21)8-7-9-14(12)18-24-15(2,3)16(4,5)25-18/h8-9H,6,10-11H2,1-5H3. The molecule has 4 nitrogen and oxygen atoms in total. The maximum Gasteiger partial charge on any atom is 0.495 e. The van der Waals surface area contributed by atoms with Gasteiger partial charge < -0.3 is 18.8 Å². The quantitative estimate of drug-likeness (QED) is 0.444. The summed E-state index contributed by atoms with van der Waals surface area (Å²) in [5.41, 5.74) is -1.88. The molecule has 25 heavy (non-hydrogen) atoms. The van der Waals surface area contributed by atoms with Crippen molar-refractivity contribution in [3.05, 3.63) is 29.3 Å². The molecule has 139 valence electrons. The topological polar surface area (TPSA) is 36.9 Å². The number of hydrogen-bond donors (Lipinski definition) is 0. The molecule has 1 fully saturated rings. The summed E-state index contributed by atoms with van der Waals surface area (Å²) in [5.74, 6) is 0. The van der Waals surface area contributed by atoms with Crippen molar-refractivity contribution in [2.45, 2.75) is 58.6 Å². The van der Waals surface area contributed by atoms with E-state index in [4.69, 9.17) is 18.8 Å². The summed E-state index contributed by atoms with van der Waals surface area (Å²) in [4.78, 5) is 0. The third-order valence-electron chi connectivity index (χ3n) is 4.57. The highest BCUT2D eigenvalue weighted by Gasteiger charge is 2.52. The first-order valence-corrected chi connectivity index (χ1v) is 8.11. The number of ether oxygens (including phenoxy) is 2. The van der Waals surface area contributed by atoms with E-state index in [0.717, 1.165) is 6.07 Å². The van der Waals surface area contributed by atoms with Crippen LogP contribution in [0.15, 0.2) is 12.1 Å². The smallest absolute Gasteiger partial charge is 0.399 e. The second kappa shape index (κ2) is 7.27. The van der Waals surface area contributed by atoms with Crippen molar-refractivity contribution in [1.82, 2.24) is 0 Å². The van der Waals surface area contributed by atoms with E-state index in [-0.39, 0.29) is 24.4 Å². The molecule has 2 rings (SSSR count). The maximum absolute atomic E-state index is 13.4. The van der Waals surface area contributed by atoms with Crippen molar-refractivity contribution in [3.8, 4) is 0 Å². The average molecular weight is 359 g/mol. The number of halogens is 3. The second-order valence-electron chi connectivity index (χ2n) is 6.85. The van der Waals surface area contributed by atoms with E-state index in [0.29, 0.717) is 6.61 Å². The number of rotatable bonds is 6. The third-order valence-corrected chi connectivity index (χ3v) is 4.57. The normalized spacial score (nSPS) is 19.4. The van der Waals surface area contributed by atoms with Crippen LogP contribution in [0.3, 0.4) is 0 Å². The van der Waals surface area contributed by atoms with Gasteiger partial charge in [0.1, 0.15) is 6.79 Å². The predicted molar refractivity (Wildman–Crippen MR) is 87.3 cm³/mol. The molecule has 0 saturated carbocycles. The summed E-state index contributed by atoms with van der Waals surface area (Å²) >= 11 is 0. The van der Waals surface area contributed by atoms with Crippen molar-refractivity contribution < 1.29 is 32.0 Å². The fourth-order valence-electron chi connectivity index (χ4n) is 2.42. The first kappa shape index (κ1) is 20.2. The number of alkyl halides is 3. The zero-order chi connectivity index (χ0) is 18.9. The fraction of sp³-hybridized carbons (Fsp3) is 0.647. The highest BCUT2D eigenvalue weighted by molar-refractivity contribution is 6.62. The van der Waals surface area contributed by atoms with Crippen LogP contribution in [-0.4, -0.2) is 31.7 Å². The molecule has 1 radical (unpaired) electrons. The Morgan fingerprint density at radius 2 is 1.68 bits per heavy atom. The predicted octanol–water partition coefficient (Wildman–Crippen LogP) is 3.32. The van der Waals surface area contributed by atoms with Crippen LogP contribution in [0.2, 0.25) is 0 Å². The van der Waals surface area contributed by atoms with Gasteiger partial charge in [-0.3, -0.25) is 0 Å². The molecule has 1 saturated heterocycles. The van der Waals surface area contributed by atoms with Gasteiger partial charge in [-0.25, -0.2) is 0 Å². The van der Waals surface area contributed by atoms with Gasteiger partial charge >= 0.3 is 13.3 Å². The number of hydrogen-bond acceptors (Lipinski definition) is 4. The van der Waals surface area contributed by atoms with E-state index in [2.05, 4.69) is 6.07 Å². The van der Waals surface area contributed by atoms with Gasteiger partial charge in [-0.15, -0.1) is 0 Å². The van der Waals surface area contributed by atoms with Crippen molar-refractivity contribution in [1.29, 1.82) is 0 Å². The van der Waals surface area contributed by atoms with E-state index in [1.165, 1.54) is 6.07 Å². The minimum Gasteiger partial charge on any atom is -0.399 e. The molecule has 0 aliphatic carbocycles. The SMILES string of the molecule is CCOCOCc1c(B2OC(C)(C)C(C)(C)O2)c[c]cc1C(F)(F)F. The van der Waals surface area contributed by atoms with E-state index < -0.39 is 30.1 Å². The van der Waals surface area contributed by atoms with Crippen LogP contribution in [0.25, 0.3) is 0 Å². The van der Waals surface area contributed by atoms with E-state index in [1.54, 1.807) is 6.92 Å². The largest absolute Gasteiger partial charge is 0.495 e. The van der Waals surface area contributed by atoms with Crippen LogP contribution in [-0.2, 0) is 31.6 Å². The monoisotopic (exact) mass is 359 g/mol. The molecule has 0 spiro atoms. The summed E-state index contributed by atoms with van der Waals surface area (Å²) in [6.45, 7) is 9.21. The third kappa shape index (κ3) is 4.37. The van der Waals surface area contributed by atoms with Crippen LogP contribution in [0.4, 0.5) is 13.2 Å². The summed E-state index contributed by atoms with van der Waals surface area (Å²) in [6, 6.07) is 4.91. The minimum absolute atomic E-state index is 0.0237. The Labute approximate surface area is 146 Å². The summed E-state index contributed by atoms with van der Waals surface area (Å²) in [6.07, 6.45) is -4.53. The van der Waals surface area contributed by atoms with Crippen molar-refractivity contribution in [2.24, 2.45) is 0 Å². The van der Waals surface area contributed by atoms with Crippen LogP contribution in [0.5, 0.6) is 0 Å². The van der Waals surface area contributed by atoms with Crippen molar-refractivity contribution >= 4 is 12.6 Å². The second-order valence-corrected chi connectivity index (χ2v) is 6.85. The lowest BCUT2D eigenvalue weighted by Crippen LogP contribution is -2.41. The van der Waals surface area contributed by atoms with E-state index >= 15 is 0 Å². The molecular weight excluding hydrogens is 336 g/mol. The average Bonchev–Trinajstić information content (AvgIpc) is 2.70. The Balaban J connectivity index is 2.37. The van der Waals surface area contributed by atoms with E-state index in [1.807, 2.05) is 27.7 Å². The Hall–Kier alpha value is -1.09. The van der Waals surface area contributed by atoms with Gasteiger partial charge in [0.05, 0.1) is 23.4 Å². The van der Waals surface area contributed by atoms with Crippen molar-refractivity contribution in [2.75, 3.05) is 13.4 Å². The molecule has 1 aliphatic rings. The zero-order valence-corrected chi connectivity index (χ0v) is 15.1. The molecule has 0 N–H and O–H groups in total. The summed E-state index contributed by atoms with van der Waals surface area (Å²) in [7, 11) is -0.922. The maximum atomic E-state index is 13.4. The molecule has 1 aliphatic heterocycles. The van der Waals surface area contributed by atoms with Gasteiger partial charge in [0.15, 0.2) is 0 Å². The zero-order valence-electron chi connectivity index (χ0n) is 15.1. The number of benzene rings is 1. The molecule has 1 aromatic carbocycles. The first-order valence-electron chi connectivity index (χ1n) is 8.11. The highest BCUT2D eigenvalue weighted by atomic mass is 19.4. The van der Waals surface area contributed by atoms with Crippen LogP contribution >= 0.6 is 0 Å². The molecule has 1 heterocycles. The van der Waals surface area contributed by atoms with Gasteiger partial charge in [-0.1, -0.05) is 6.07 Å². The molecule has 0 aromatic heterocycles. The first-order chi connectivity index (χ1) is 11.5. The Kier molecular flexibility index (Phi) is 5.88. The molecule has 8 heteroatoms. The Morgan fingerprint density at radius 3 is 2.20 bits per heavy atom. The fourth-order valence-corrected chi connectivity index (χ4v) is 2.42. The van der Waals surface area contributed by atoms with Crippen LogP contribution in [0, 0.1) is 6.07 Å². The molecule has 1 aromatic rings. The Bertz CT molecular complexity index is 586. The highest BCUT2D eigenvalue weighted by Crippen LogP contribution is 2.38. The van der Waals surface area contributed by atoms with Crippen LogP contribution < -0.4 is 5.46 Å². The van der Waals surface area contributed by atoms with Crippen LogP contribution in [0.1, 0.15) is 45.7 Å². The van der Waals surface area contributed by atoms with Gasteiger partial charge in [0.2, 0.25) is 0 Å². The molecular formula is C17H23BF3O4. The van der Waals surface area contributed by atoms with Gasteiger partial charge in [-0.2, -0.15) is 13.2 Å². The van der Waals surface area contributed by atoms with Gasteiger partial charge in [0, 0.05) is 6.61 Å². The van der Waals surface area contributed by atoms with Crippen molar-refractivity contribution in [3.63, 3.8) is 0 Å². The lowest BCUT2D eigenvalue weighted by atomic mass is 9.74. The molecule has 0 bridgehead atoms. The van der Waals surface area contributed by atoms with E-state index in [9.17, 15) is 13.2 Å².